The van der Waals surface area contributed by atoms with Crippen molar-refractivity contribution in [1.82, 2.24) is 4.31 Å². The number of hydrogen-bond donors (Lipinski definition) is 1. The number of rotatable bonds is 8. The highest BCUT2D eigenvalue weighted by Crippen LogP contribution is 2.20. The van der Waals surface area contributed by atoms with Crippen LogP contribution in [-0.4, -0.2) is 37.3 Å². The summed E-state index contributed by atoms with van der Waals surface area (Å²) in [7, 11) is -3.32. The molecule has 1 rings (SSSR count). The third kappa shape index (κ3) is 5.96. The van der Waals surface area contributed by atoms with Crippen LogP contribution >= 0.6 is 11.8 Å². The summed E-state index contributed by atoms with van der Waals surface area (Å²) in [6.07, 6.45) is 0. The molecular formula is C14H21N3O2S2. The summed E-state index contributed by atoms with van der Waals surface area (Å²) in [4.78, 5) is 0.993. The fraction of sp³-hybridized carbons (Fsp3) is 0.500. The van der Waals surface area contributed by atoms with E-state index in [9.17, 15) is 8.42 Å². The van der Waals surface area contributed by atoms with Crippen LogP contribution in [0.4, 0.5) is 5.69 Å². The van der Waals surface area contributed by atoms with Crippen LogP contribution < -0.4 is 5.73 Å². The zero-order chi connectivity index (χ0) is 15.9. The second-order valence-corrected chi connectivity index (χ2v) is 7.97. The van der Waals surface area contributed by atoms with Gasteiger partial charge in [-0.1, -0.05) is 6.92 Å². The van der Waals surface area contributed by atoms with Gasteiger partial charge >= 0.3 is 0 Å². The molecule has 21 heavy (non-hydrogen) atoms. The van der Waals surface area contributed by atoms with Gasteiger partial charge in [-0.3, -0.25) is 0 Å². The van der Waals surface area contributed by atoms with Crippen LogP contribution in [0.1, 0.15) is 13.8 Å². The smallest absolute Gasteiger partial charge is 0.214 e. The highest BCUT2D eigenvalue weighted by molar-refractivity contribution is 8.00. The summed E-state index contributed by atoms with van der Waals surface area (Å²) in [5.41, 5.74) is 6.29. The van der Waals surface area contributed by atoms with E-state index in [1.807, 2.05) is 12.1 Å². The van der Waals surface area contributed by atoms with Crippen LogP contribution in [0.25, 0.3) is 0 Å². The number of sulfonamides is 1. The van der Waals surface area contributed by atoms with Gasteiger partial charge in [0.05, 0.1) is 17.7 Å². The molecule has 0 radical (unpaired) electrons. The maximum atomic E-state index is 12.2. The summed E-state index contributed by atoms with van der Waals surface area (Å²) < 4.78 is 25.9. The second-order valence-electron chi connectivity index (χ2n) is 4.71. The van der Waals surface area contributed by atoms with E-state index in [0.717, 1.165) is 4.90 Å². The zero-order valence-corrected chi connectivity index (χ0v) is 14.0. The monoisotopic (exact) mass is 327 g/mol. The fourth-order valence-corrected chi connectivity index (χ4v) is 4.59. The summed E-state index contributed by atoms with van der Waals surface area (Å²) in [5, 5.41) is 8.81. The Labute approximate surface area is 131 Å². The molecule has 0 aliphatic heterocycles. The van der Waals surface area contributed by atoms with E-state index in [1.54, 1.807) is 26.0 Å². The summed E-state index contributed by atoms with van der Waals surface area (Å²) in [6.45, 7) is 4.15. The van der Waals surface area contributed by atoms with Crippen LogP contribution in [0.5, 0.6) is 0 Å². The first-order chi connectivity index (χ1) is 9.89. The van der Waals surface area contributed by atoms with E-state index >= 15 is 0 Å². The van der Waals surface area contributed by atoms with Gasteiger partial charge in [-0.2, -0.15) is 5.26 Å². The Balaban J connectivity index is 2.55. The lowest BCUT2D eigenvalue weighted by atomic mass is 10.2. The standard InChI is InChI=1S/C14H21N3O2S2/c1-3-17(11-12(2)10-15)21(18,19)9-8-20-14-6-4-13(16)5-7-14/h4-7,12H,3,8-9,11,16H2,1-2H3. The van der Waals surface area contributed by atoms with Gasteiger partial charge < -0.3 is 5.73 Å². The average molecular weight is 327 g/mol. The largest absolute Gasteiger partial charge is 0.399 e. The Morgan fingerprint density at radius 1 is 1.38 bits per heavy atom. The van der Waals surface area contributed by atoms with E-state index in [-0.39, 0.29) is 18.2 Å². The van der Waals surface area contributed by atoms with Crippen molar-refractivity contribution in [3.63, 3.8) is 0 Å². The summed E-state index contributed by atoms with van der Waals surface area (Å²) >= 11 is 1.48. The fourth-order valence-electron chi connectivity index (χ4n) is 1.74. The van der Waals surface area contributed by atoms with Gasteiger partial charge in [0.1, 0.15) is 0 Å². The first-order valence-corrected chi connectivity index (χ1v) is 9.34. The normalized spacial score (nSPS) is 13.0. The van der Waals surface area contributed by atoms with E-state index in [1.165, 1.54) is 16.1 Å². The van der Waals surface area contributed by atoms with Crippen molar-refractivity contribution in [3.8, 4) is 6.07 Å². The van der Waals surface area contributed by atoms with E-state index < -0.39 is 10.0 Å². The van der Waals surface area contributed by atoms with Gasteiger partial charge in [-0.15, -0.1) is 11.8 Å². The van der Waals surface area contributed by atoms with Crippen LogP contribution in [0.2, 0.25) is 0 Å². The van der Waals surface area contributed by atoms with Crippen molar-refractivity contribution in [3.05, 3.63) is 24.3 Å². The molecule has 5 nitrogen and oxygen atoms in total. The third-order valence-electron chi connectivity index (χ3n) is 2.93. The van der Waals surface area contributed by atoms with Gasteiger partial charge in [-0.05, 0) is 31.2 Å². The topological polar surface area (TPSA) is 87.2 Å². The van der Waals surface area contributed by atoms with Crippen molar-refractivity contribution < 1.29 is 8.42 Å². The van der Waals surface area contributed by atoms with Gasteiger partial charge in [0.25, 0.3) is 0 Å². The van der Waals surface area contributed by atoms with Crippen LogP contribution in [0.15, 0.2) is 29.2 Å². The molecule has 0 saturated carbocycles. The lowest BCUT2D eigenvalue weighted by Crippen LogP contribution is -2.36. The Bertz CT molecular complexity index is 579. The van der Waals surface area contributed by atoms with Crippen LogP contribution in [-0.2, 0) is 10.0 Å². The van der Waals surface area contributed by atoms with E-state index in [2.05, 4.69) is 6.07 Å². The van der Waals surface area contributed by atoms with Crippen molar-refractivity contribution in [2.45, 2.75) is 18.7 Å². The predicted molar refractivity (Wildman–Crippen MR) is 87.4 cm³/mol. The van der Waals surface area contributed by atoms with Gasteiger partial charge in [-0.25, -0.2) is 12.7 Å². The highest BCUT2D eigenvalue weighted by Gasteiger charge is 2.22. The van der Waals surface area contributed by atoms with Gasteiger partial charge in [0.15, 0.2) is 0 Å². The van der Waals surface area contributed by atoms with Crippen molar-refractivity contribution in [2.24, 2.45) is 5.92 Å². The minimum absolute atomic E-state index is 0.0635. The maximum Gasteiger partial charge on any atom is 0.214 e. The second kappa shape index (κ2) is 8.27. The molecular weight excluding hydrogens is 306 g/mol. The molecule has 0 fully saturated rings. The Morgan fingerprint density at radius 2 is 2.00 bits per heavy atom. The Hall–Kier alpha value is -1.23. The molecule has 1 atom stereocenters. The number of nitrogen functional groups attached to an aromatic ring is 1. The van der Waals surface area contributed by atoms with Crippen molar-refractivity contribution in [1.29, 1.82) is 5.26 Å². The van der Waals surface area contributed by atoms with Crippen molar-refractivity contribution >= 4 is 27.5 Å². The Kier molecular flexibility index (Phi) is 7.02. The van der Waals surface area contributed by atoms with Crippen LogP contribution in [0, 0.1) is 17.2 Å². The van der Waals surface area contributed by atoms with E-state index in [4.69, 9.17) is 11.0 Å². The molecule has 7 heteroatoms. The zero-order valence-electron chi connectivity index (χ0n) is 12.3. The number of hydrogen-bond acceptors (Lipinski definition) is 5. The molecule has 0 heterocycles. The van der Waals surface area contributed by atoms with E-state index in [0.29, 0.717) is 18.0 Å². The molecule has 1 aromatic carbocycles. The number of thioether (sulfide) groups is 1. The molecule has 0 aromatic heterocycles. The molecule has 2 N–H and O–H groups in total. The predicted octanol–water partition coefficient (Wildman–Crippen LogP) is 2.17. The van der Waals surface area contributed by atoms with Crippen molar-refractivity contribution in [2.75, 3.05) is 30.3 Å². The minimum atomic E-state index is -3.32. The molecule has 0 spiro atoms. The quantitative estimate of drug-likeness (QED) is 0.584. The maximum absolute atomic E-state index is 12.2. The summed E-state index contributed by atoms with van der Waals surface area (Å²) in [5.74, 6) is 0.238. The van der Waals surface area contributed by atoms with Gasteiger partial charge in [0, 0.05) is 29.4 Å². The molecule has 0 aliphatic rings. The lowest BCUT2D eigenvalue weighted by Gasteiger charge is -2.21. The number of nitrogens with zero attached hydrogens (tertiary/aromatic N) is 2. The third-order valence-corrected chi connectivity index (χ3v) is 6.12. The molecule has 0 aliphatic carbocycles. The first-order valence-electron chi connectivity index (χ1n) is 6.74. The lowest BCUT2D eigenvalue weighted by molar-refractivity contribution is 0.401. The van der Waals surface area contributed by atoms with Crippen LogP contribution in [0.3, 0.4) is 0 Å². The van der Waals surface area contributed by atoms with Gasteiger partial charge in [0.2, 0.25) is 10.0 Å². The molecule has 0 saturated heterocycles. The molecule has 1 aromatic rings. The molecule has 116 valence electrons. The average Bonchev–Trinajstić information content (AvgIpc) is 2.46. The highest BCUT2D eigenvalue weighted by atomic mass is 32.2. The first kappa shape index (κ1) is 17.8. The molecule has 0 bridgehead atoms. The number of nitriles is 1. The number of benzene rings is 1. The SMILES string of the molecule is CCN(CC(C)C#N)S(=O)(=O)CCSc1ccc(N)cc1. The Morgan fingerprint density at radius 3 is 2.52 bits per heavy atom. The molecule has 0 amide bonds. The summed E-state index contributed by atoms with van der Waals surface area (Å²) in [6, 6.07) is 9.41. The molecule has 1 unspecified atom stereocenters. The number of nitrogens with two attached hydrogens (primary N) is 1. The number of anilines is 1. The minimum Gasteiger partial charge on any atom is -0.399 e.